The molecule has 1 fully saturated rings. The highest BCUT2D eigenvalue weighted by Crippen LogP contribution is 2.24. The fraction of sp³-hybridized carbons (Fsp3) is 0.923. The van der Waals surface area contributed by atoms with Gasteiger partial charge in [0.05, 0.1) is 0 Å². The molecule has 1 amide bonds. The van der Waals surface area contributed by atoms with Crippen LogP contribution in [0.2, 0.25) is 0 Å². The number of amides is 1. The second-order valence-corrected chi connectivity index (χ2v) is 5.24. The van der Waals surface area contributed by atoms with Gasteiger partial charge in [0.1, 0.15) is 0 Å². The van der Waals surface area contributed by atoms with Gasteiger partial charge in [0, 0.05) is 19.0 Å². The number of rotatable bonds is 4. The van der Waals surface area contributed by atoms with Crippen molar-refractivity contribution in [2.75, 3.05) is 19.6 Å². The van der Waals surface area contributed by atoms with Gasteiger partial charge in [-0.1, -0.05) is 27.2 Å². The first kappa shape index (κ1) is 13.5. The van der Waals surface area contributed by atoms with Gasteiger partial charge in [-0.2, -0.15) is 0 Å². The summed E-state index contributed by atoms with van der Waals surface area (Å²) in [4.78, 5) is 14.2. The second kappa shape index (κ2) is 6.24. The summed E-state index contributed by atoms with van der Waals surface area (Å²) >= 11 is 0. The molecule has 16 heavy (non-hydrogen) atoms. The van der Waals surface area contributed by atoms with Crippen molar-refractivity contribution < 1.29 is 4.79 Å². The van der Waals surface area contributed by atoms with Crippen LogP contribution in [0.25, 0.3) is 0 Å². The largest absolute Gasteiger partial charge is 0.342 e. The number of hydrogen-bond donors (Lipinski definition) is 1. The fourth-order valence-corrected chi connectivity index (χ4v) is 2.61. The highest BCUT2D eigenvalue weighted by atomic mass is 16.2. The monoisotopic (exact) mass is 226 g/mol. The summed E-state index contributed by atoms with van der Waals surface area (Å²) in [7, 11) is 0. The Balaban J connectivity index is 2.47. The van der Waals surface area contributed by atoms with Gasteiger partial charge in [-0.3, -0.25) is 4.79 Å². The van der Waals surface area contributed by atoms with Gasteiger partial charge in [0.15, 0.2) is 0 Å². The van der Waals surface area contributed by atoms with Gasteiger partial charge in [-0.25, -0.2) is 0 Å². The zero-order valence-electron chi connectivity index (χ0n) is 10.9. The van der Waals surface area contributed by atoms with Crippen LogP contribution in [0.4, 0.5) is 0 Å². The van der Waals surface area contributed by atoms with Gasteiger partial charge in [0.2, 0.25) is 5.91 Å². The molecule has 1 heterocycles. The van der Waals surface area contributed by atoms with Crippen LogP contribution in [0.1, 0.15) is 40.0 Å². The van der Waals surface area contributed by atoms with Gasteiger partial charge in [-0.15, -0.1) is 0 Å². The molecule has 0 aromatic carbocycles. The number of nitrogens with two attached hydrogens (primary N) is 1. The quantitative estimate of drug-likeness (QED) is 0.795. The molecular weight excluding hydrogens is 200 g/mol. The van der Waals surface area contributed by atoms with E-state index in [1.54, 1.807) is 0 Å². The van der Waals surface area contributed by atoms with E-state index in [9.17, 15) is 4.79 Å². The highest BCUT2D eigenvalue weighted by Gasteiger charge is 2.29. The Morgan fingerprint density at radius 2 is 2.25 bits per heavy atom. The zero-order chi connectivity index (χ0) is 12.1. The van der Waals surface area contributed by atoms with E-state index in [1.807, 2.05) is 11.8 Å². The summed E-state index contributed by atoms with van der Waals surface area (Å²) in [5.74, 6) is 1.68. The number of hydrogen-bond acceptors (Lipinski definition) is 2. The molecule has 1 aliphatic heterocycles. The van der Waals surface area contributed by atoms with Crippen LogP contribution in [0.3, 0.4) is 0 Å². The van der Waals surface area contributed by atoms with Crippen LogP contribution >= 0.6 is 0 Å². The Morgan fingerprint density at radius 1 is 1.56 bits per heavy atom. The third-order valence-electron chi connectivity index (χ3n) is 3.84. The predicted octanol–water partition coefficient (Wildman–Crippen LogP) is 1.87. The first-order valence-electron chi connectivity index (χ1n) is 6.59. The average Bonchev–Trinajstić information content (AvgIpc) is 2.28. The molecule has 94 valence electrons. The molecule has 0 aromatic heterocycles. The summed E-state index contributed by atoms with van der Waals surface area (Å²) in [5, 5.41) is 0. The normalized spacial score (nSPS) is 27.9. The lowest BCUT2D eigenvalue weighted by atomic mass is 9.86. The van der Waals surface area contributed by atoms with Crippen LogP contribution in [0.5, 0.6) is 0 Å². The van der Waals surface area contributed by atoms with Crippen LogP contribution in [0, 0.1) is 17.8 Å². The lowest BCUT2D eigenvalue weighted by molar-refractivity contribution is -0.137. The molecule has 0 radical (unpaired) electrons. The molecule has 0 aromatic rings. The Hall–Kier alpha value is -0.570. The average molecular weight is 226 g/mol. The molecular formula is C13H26N2O. The van der Waals surface area contributed by atoms with Crippen molar-refractivity contribution in [3.05, 3.63) is 0 Å². The first-order chi connectivity index (χ1) is 7.60. The van der Waals surface area contributed by atoms with Crippen LogP contribution < -0.4 is 5.73 Å². The maximum atomic E-state index is 12.1. The van der Waals surface area contributed by atoms with E-state index in [2.05, 4.69) is 13.8 Å². The summed E-state index contributed by atoms with van der Waals surface area (Å²) < 4.78 is 0. The molecule has 2 N–H and O–H groups in total. The number of nitrogens with zero attached hydrogens (tertiary/aromatic N) is 1. The molecule has 1 aliphatic rings. The molecule has 0 spiro atoms. The van der Waals surface area contributed by atoms with Crippen molar-refractivity contribution in [1.29, 1.82) is 0 Å². The van der Waals surface area contributed by atoms with E-state index < -0.39 is 0 Å². The topological polar surface area (TPSA) is 46.3 Å². The van der Waals surface area contributed by atoms with Crippen LogP contribution in [-0.2, 0) is 4.79 Å². The van der Waals surface area contributed by atoms with Crippen molar-refractivity contribution in [3.8, 4) is 0 Å². The van der Waals surface area contributed by atoms with Gasteiger partial charge < -0.3 is 10.6 Å². The summed E-state index contributed by atoms with van der Waals surface area (Å²) in [6.07, 6.45) is 3.16. The van der Waals surface area contributed by atoms with E-state index in [0.717, 1.165) is 38.9 Å². The summed E-state index contributed by atoms with van der Waals surface area (Å²) in [6.45, 7) is 8.95. The maximum absolute atomic E-state index is 12.1. The Labute approximate surface area is 99.4 Å². The molecule has 1 saturated heterocycles. The molecule has 0 bridgehead atoms. The van der Waals surface area contributed by atoms with Crippen LogP contribution in [0.15, 0.2) is 0 Å². The minimum Gasteiger partial charge on any atom is -0.342 e. The SMILES string of the molecule is CCCC(C)C(=O)N1CCC(CN)C(C)C1. The van der Waals surface area contributed by atoms with Gasteiger partial charge in [-0.05, 0) is 31.2 Å². The van der Waals surface area contributed by atoms with E-state index in [4.69, 9.17) is 5.73 Å². The standard InChI is InChI=1S/C13H26N2O/c1-4-5-10(2)13(16)15-7-6-12(8-14)11(3)9-15/h10-12H,4-9,14H2,1-3H3. The zero-order valence-corrected chi connectivity index (χ0v) is 10.9. The lowest BCUT2D eigenvalue weighted by Gasteiger charge is -2.37. The van der Waals surface area contributed by atoms with Crippen molar-refractivity contribution in [2.24, 2.45) is 23.5 Å². The smallest absolute Gasteiger partial charge is 0.225 e. The van der Waals surface area contributed by atoms with Crippen molar-refractivity contribution in [1.82, 2.24) is 4.90 Å². The number of likely N-dealkylation sites (tertiary alicyclic amines) is 1. The third kappa shape index (κ3) is 3.21. The molecule has 1 rings (SSSR count). The van der Waals surface area contributed by atoms with E-state index in [1.165, 1.54) is 0 Å². The van der Waals surface area contributed by atoms with E-state index in [0.29, 0.717) is 17.7 Å². The van der Waals surface area contributed by atoms with E-state index in [-0.39, 0.29) is 5.92 Å². The Morgan fingerprint density at radius 3 is 2.75 bits per heavy atom. The molecule has 0 aliphatic carbocycles. The van der Waals surface area contributed by atoms with Gasteiger partial charge in [0.25, 0.3) is 0 Å². The maximum Gasteiger partial charge on any atom is 0.225 e. The number of piperidine rings is 1. The number of carbonyl (C=O) groups is 1. The lowest BCUT2D eigenvalue weighted by Crippen LogP contribution is -2.46. The fourth-order valence-electron chi connectivity index (χ4n) is 2.61. The molecule has 0 saturated carbocycles. The number of carbonyl (C=O) groups excluding carboxylic acids is 1. The Kier molecular flexibility index (Phi) is 5.26. The minimum absolute atomic E-state index is 0.187. The molecule has 3 unspecified atom stereocenters. The van der Waals surface area contributed by atoms with E-state index >= 15 is 0 Å². The van der Waals surface area contributed by atoms with Crippen molar-refractivity contribution in [3.63, 3.8) is 0 Å². The first-order valence-corrected chi connectivity index (χ1v) is 6.59. The van der Waals surface area contributed by atoms with Crippen molar-refractivity contribution >= 4 is 5.91 Å². The Bertz CT molecular complexity index is 230. The predicted molar refractivity (Wildman–Crippen MR) is 67.0 cm³/mol. The molecule has 3 nitrogen and oxygen atoms in total. The summed E-state index contributed by atoms with van der Waals surface area (Å²) in [5.41, 5.74) is 5.72. The summed E-state index contributed by atoms with van der Waals surface area (Å²) in [6, 6.07) is 0. The molecule has 3 heteroatoms. The molecule has 3 atom stereocenters. The van der Waals surface area contributed by atoms with Crippen molar-refractivity contribution in [2.45, 2.75) is 40.0 Å². The van der Waals surface area contributed by atoms with Crippen LogP contribution in [-0.4, -0.2) is 30.4 Å². The highest BCUT2D eigenvalue weighted by molar-refractivity contribution is 5.78. The second-order valence-electron chi connectivity index (χ2n) is 5.24. The van der Waals surface area contributed by atoms with Gasteiger partial charge >= 0.3 is 0 Å². The third-order valence-corrected chi connectivity index (χ3v) is 3.84. The minimum atomic E-state index is 0.187.